The first-order valence-corrected chi connectivity index (χ1v) is 7.96. The van der Waals surface area contributed by atoms with Crippen LogP contribution in [0.25, 0.3) is 0 Å². The maximum absolute atomic E-state index is 10.3. The third-order valence-electron chi connectivity index (χ3n) is 5.25. The highest BCUT2D eigenvalue weighted by Crippen LogP contribution is 2.53. The van der Waals surface area contributed by atoms with E-state index in [2.05, 4.69) is 11.8 Å². The first kappa shape index (κ1) is 14.1. The normalized spacial score (nSPS) is 27.0. The van der Waals surface area contributed by atoms with Crippen LogP contribution in [0.4, 0.5) is 0 Å². The van der Waals surface area contributed by atoms with E-state index in [0.717, 1.165) is 44.8 Å². The lowest BCUT2D eigenvalue weighted by atomic mass is 9.66. The number of rotatable bonds is 4. The predicted octanol–water partition coefficient (Wildman–Crippen LogP) is 3.07. The van der Waals surface area contributed by atoms with Gasteiger partial charge in [-0.1, -0.05) is 18.8 Å². The lowest BCUT2D eigenvalue weighted by Gasteiger charge is -2.44. The Morgan fingerprint density at radius 3 is 2.40 bits per heavy atom. The lowest BCUT2D eigenvalue weighted by Crippen LogP contribution is -2.40. The first-order valence-electron chi connectivity index (χ1n) is 7.96. The molecule has 3 heteroatoms. The Morgan fingerprint density at radius 1 is 1.10 bits per heavy atom. The molecule has 3 rings (SSSR count). The standard InChI is InChI=1S/C17H24O3/c18-11-3-1-2-6-16(14-15-4-5-15)7-9-17(10-8-16)19-12-13-20-17/h11,15H,2,4-10,12-14H2. The van der Waals surface area contributed by atoms with E-state index in [4.69, 9.17) is 9.47 Å². The van der Waals surface area contributed by atoms with Crippen molar-refractivity contribution >= 4 is 6.29 Å². The fourth-order valence-electron chi connectivity index (χ4n) is 3.88. The van der Waals surface area contributed by atoms with Gasteiger partial charge in [-0.05, 0) is 42.9 Å². The average molecular weight is 276 g/mol. The van der Waals surface area contributed by atoms with Gasteiger partial charge in [0.2, 0.25) is 0 Å². The van der Waals surface area contributed by atoms with Crippen LogP contribution in [0, 0.1) is 23.2 Å². The number of hydrogen-bond donors (Lipinski definition) is 0. The third kappa shape index (κ3) is 3.24. The average Bonchev–Trinajstić information content (AvgIpc) is 3.16. The maximum Gasteiger partial charge on any atom is 0.192 e. The predicted molar refractivity (Wildman–Crippen MR) is 76.0 cm³/mol. The minimum Gasteiger partial charge on any atom is -0.348 e. The van der Waals surface area contributed by atoms with Crippen LogP contribution < -0.4 is 0 Å². The molecule has 0 amide bonds. The van der Waals surface area contributed by atoms with Crippen molar-refractivity contribution in [2.45, 2.75) is 63.6 Å². The zero-order valence-electron chi connectivity index (χ0n) is 12.2. The van der Waals surface area contributed by atoms with Gasteiger partial charge in [0.05, 0.1) is 13.2 Å². The molecule has 0 unspecified atom stereocenters. The van der Waals surface area contributed by atoms with Gasteiger partial charge in [-0.15, -0.1) is 0 Å². The minimum atomic E-state index is -0.262. The van der Waals surface area contributed by atoms with Crippen LogP contribution in [0.5, 0.6) is 0 Å². The molecule has 0 atom stereocenters. The van der Waals surface area contributed by atoms with Crippen molar-refractivity contribution in [2.75, 3.05) is 13.2 Å². The molecule has 2 aliphatic carbocycles. The minimum absolute atomic E-state index is 0.262. The Labute approximate surface area is 121 Å². The van der Waals surface area contributed by atoms with Crippen molar-refractivity contribution in [3.05, 3.63) is 0 Å². The number of carbonyl (C=O) groups is 1. The number of ether oxygens (including phenoxy) is 2. The van der Waals surface area contributed by atoms with Gasteiger partial charge in [0.1, 0.15) is 0 Å². The van der Waals surface area contributed by atoms with Crippen molar-refractivity contribution in [2.24, 2.45) is 11.3 Å². The van der Waals surface area contributed by atoms with Crippen LogP contribution >= 0.6 is 0 Å². The van der Waals surface area contributed by atoms with Gasteiger partial charge in [0, 0.05) is 19.3 Å². The van der Waals surface area contributed by atoms with E-state index >= 15 is 0 Å². The second-order valence-electron chi connectivity index (χ2n) is 6.69. The van der Waals surface area contributed by atoms with Crippen LogP contribution in [0.1, 0.15) is 57.8 Å². The molecule has 3 aliphatic rings. The molecule has 110 valence electrons. The zero-order chi connectivity index (χ0) is 13.9. The molecule has 0 radical (unpaired) electrons. The summed E-state index contributed by atoms with van der Waals surface area (Å²) in [6, 6.07) is 0. The zero-order valence-corrected chi connectivity index (χ0v) is 12.2. The van der Waals surface area contributed by atoms with Gasteiger partial charge in [-0.2, -0.15) is 0 Å². The van der Waals surface area contributed by atoms with E-state index in [1.54, 1.807) is 0 Å². The van der Waals surface area contributed by atoms with Gasteiger partial charge in [0.25, 0.3) is 0 Å². The summed E-state index contributed by atoms with van der Waals surface area (Å²) >= 11 is 0. The summed E-state index contributed by atoms with van der Waals surface area (Å²) < 4.78 is 11.7. The Morgan fingerprint density at radius 2 is 1.80 bits per heavy atom. The molecule has 2 saturated carbocycles. The topological polar surface area (TPSA) is 35.5 Å². The van der Waals surface area contributed by atoms with Crippen LogP contribution in [0.15, 0.2) is 0 Å². The number of hydrogen-bond acceptors (Lipinski definition) is 3. The highest BCUT2D eigenvalue weighted by molar-refractivity contribution is 5.72. The van der Waals surface area contributed by atoms with Crippen LogP contribution in [-0.4, -0.2) is 25.3 Å². The highest BCUT2D eigenvalue weighted by atomic mass is 16.7. The summed E-state index contributed by atoms with van der Waals surface area (Å²) in [4.78, 5) is 10.3. The second kappa shape index (κ2) is 5.87. The molecular formula is C17H24O3. The SMILES string of the molecule is O=CC#CCCC1(CC2CC2)CCC2(CC1)OCCO2. The van der Waals surface area contributed by atoms with Gasteiger partial charge in [-0.25, -0.2) is 0 Å². The van der Waals surface area contributed by atoms with Gasteiger partial charge >= 0.3 is 0 Å². The van der Waals surface area contributed by atoms with Crippen molar-refractivity contribution in [3.63, 3.8) is 0 Å². The van der Waals surface area contributed by atoms with Gasteiger partial charge < -0.3 is 9.47 Å². The van der Waals surface area contributed by atoms with Crippen LogP contribution in [0.3, 0.4) is 0 Å². The lowest BCUT2D eigenvalue weighted by molar-refractivity contribution is -0.193. The highest BCUT2D eigenvalue weighted by Gasteiger charge is 2.47. The smallest absolute Gasteiger partial charge is 0.192 e. The number of carbonyl (C=O) groups excluding carboxylic acids is 1. The summed E-state index contributed by atoms with van der Waals surface area (Å²) in [7, 11) is 0. The fourth-order valence-corrected chi connectivity index (χ4v) is 3.88. The van der Waals surface area contributed by atoms with Crippen molar-refractivity contribution in [1.29, 1.82) is 0 Å². The molecule has 1 heterocycles. The Balaban J connectivity index is 1.59. The van der Waals surface area contributed by atoms with E-state index in [0.29, 0.717) is 11.7 Å². The van der Waals surface area contributed by atoms with Crippen molar-refractivity contribution in [3.8, 4) is 11.8 Å². The molecule has 0 aromatic carbocycles. The molecule has 0 N–H and O–H groups in total. The summed E-state index contributed by atoms with van der Waals surface area (Å²) in [6.45, 7) is 1.50. The van der Waals surface area contributed by atoms with Crippen molar-refractivity contribution < 1.29 is 14.3 Å². The molecule has 0 aromatic heterocycles. The monoisotopic (exact) mass is 276 g/mol. The van der Waals surface area contributed by atoms with Crippen molar-refractivity contribution in [1.82, 2.24) is 0 Å². The Hall–Kier alpha value is -0.850. The fraction of sp³-hybridized carbons (Fsp3) is 0.824. The molecule has 1 aliphatic heterocycles. The third-order valence-corrected chi connectivity index (χ3v) is 5.25. The summed E-state index contributed by atoms with van der Waals surface area (Å²) in [5, 5.41) is 0. The molecule has 0 aromatic rings. The van der Waals surface area contributed by atoms with Gasteiger partial charge in [0.15, 0.2) is 12.1 Å². The molecule has 1 saturated heterocycles. The summed E-state index contributed by atoms with van der Waals surface area (Å²) in [5.74, 6) is 6.20. The van der Waals surface area contributed by atoms with Crippen LogP contribution in [-0.2, 0) is 14.3 Å². The summed E-state index contributed by atoms with van der Waals surface area (Å²) in [6.07, 6.45) is 11.2. The molecule has 3 fully saturated rings. The summed E-state index contributed by atoms with van der Waals surface area (Å²) in [5.41, 5.74) is 0.416. The van der Waals surface area contributed by atoms with Crippen LogP contribution in [0.2, 0.25) is 0 Å². The second-order valence-corrected chi connectivity index (χ2v) is 6.69. The molecule has 20 heavy (non-hydrogen) atoms. The maximum atomic E-state index is 10.3. The first-order chi connectivity index (χ1) is 9.76. The quantitative estimate of drug-likeness (QED) is 0.585. The van der Waals surface area contributed by atoms with E-state index < -0.39 is 0 Å². The van der Waals surface area contributed by atoms with E-state index in [9.17, 15) is 4.79 Å². The molecule has 1 spiro atoms. The van der Waals surface area contributed by atoms with Gasteiger partial charge in [-0.3, -0.25) is 4.79 Å². The largest absolute Gasteiger partial charge is 0.348 e. The molecule has 3 nitrogen and oxygen atoms in total. The molecule has 0 bridgehead atoms. The van der Waals surface area contributed by atoms with E-state index in [-0.39, 0.29) is 5.79 Å². The Kier molecular flexibility index (Phi) is 4.14. The number of aldehydes is 1. The Bertz CT molecular complexity index is 398. The molecular weight excluding hydrogens is 252 g/mol. The van der Waals surface area contributed by atoms with E-state index in [1.165, 1.54) is 32.1 Å². The van der Waals surface area contributed by atoms with E-state index in [1.807, 2.05) is 0 Å².